The molecule has 2 aliphatic heterocycles. The predicted molar refractivity (Wildman–Crippen MR) is 417 cm³/mol. The zero-order valence-corrected chi connectivity index (χ0v) is 64.8. The molecule has 25 nitrogen and oxygen atoms in total. The van der Waals surface area contributed by atoms with Crippen LogP contribution in [0, 0.1) is 11.6 Å². The van der Waals surface area contributed by atoms with Gasteiger partial charge in [0, 0.05) is 80.6 Å². The van der Waals surface area contributed by atoms with E-state index in [-0.39, 0.29) is 109 Å². The number of carboxylic acid groups (broad SMARTS) is 1. The molecule has 586 valence electrons. The third kappa shape index (κ3) is 21.0. The molecule has 0 spiro atoms. The normalized spacial score (nSPS) is 14.4. The number of carboxylic acids is 1. The summed E-state index contributed by atoms with van der Waals surface area (Å²) >= 11 is 0. The third-order valence-electron chi connectivity index (χ3n) is 17.9. The maximum absolute atomic E-state index is 14.1. The summed E-state index contributed by atoms with van der Waals surface area (Å²) in [6, 6.07) is 53.1. The van der Waals surface area contributed by atoms with Gasteiger partial charge < -0.3 is 63.0 Å². The number of para-hydroxylation sites is 2. The number of amides is 3. The quantitative estimate of drug-likeness (QED) is 0.0193. The van der Waals surface area contributed by atoms with Crippen molar-refractivity contribution >= 4 is 72.5 Å². The number of ether oxygens (including phenoxy) is 5. The minimum absolute atomic E-state index is 0.00449. The number of esters is 2. The smallest absolute Gasteiger partial charge is 0.342 e. The molecule has 0 radical (unpaired) electrons. The number of phenolic OH excluding ortho intramolecular Hbond substituents is 1. The highest BCUT2D eigenvalue weighted by Gasteiger charge is 2.41. The van der Waals surface area contributed by atoms with Crippen molar-refractivity contribution in [1.29, 1.82) is 0 Å². The van der Waals surface area contributed by atoms with Gasteiger partial charge in [0.1, 0.15) is 65.1 Å². The molecule has 4 heterocycles. The van der Waals surface area contributed by atoms with Crippen molar-refractivity contribution in [3.63, 3.8) is 0 Å². The van der Waals surface area contributed by atoms with Crippen LogP contribution in [0.5, 0.6) is 23.0 Å². The summed E-state index contributed by atoms with van der Waals surface area (Å²) in [5, 5.41) is 30.6. The number of fused-ring (bicyclic) bond motifs is 4. The molecule has 112 heavy (non-hydrogen) atoms. The highest BCUT2D eigenvalue weighted by atomic mass is 31.2. The number of halogens is 2. The maximum atomic E-state index is 14.1. The Morgan fingerprint density at radius 3 is 1.43 bits per heavy atom. The van der Waals surface area contributed by atoms with Crippen molar-refractivity contribution in [2.75, 3.05) is 53.1 Å². The number of pyridine rings is 2. The van der Waals surface area contributed by atoms with Crippen molar-refractivity contribution in [2.45, 2.75) is 98.1 Å². The van der Waals surface area contributed by atoms with Crippen LogP contribution >= 0.6 is 15.0 Å². The van der Waals surface area contributed by atoms with Gasteiger partial charge in [0.25, 0.3) is 17.7 Å². The molecule has 10 aromatic rings. The van der Waals surface area contributed by atoms with Crippen LogP contribution in [0.15, 0.2) is 207 Å². The molecule has 6 atom stereocenters. The molecule has 2 aromatic heterocycles. The van der Waals surface area contributed by atoms with Crippen LogP contribution in [0.25, 0.3) is 21.8 Å². The van der Waals surface area contributed by atoms with E-state index < -0.39 is 81.2 Å². The number of aromatic nitrogens is 2. The zero-order valence-electron chi connectivity index (χ0n) is 63.0. The van der Waals surface area contributed by atoms with Crippen molar-refractivity contribution in [3.8, 4) is 23.0 Å². The largest absolute Gasteiger partial charge is 0.505 e. The van der Waals surface area contributed by atoms with E-state index in [1.165, 1.54) is 47.2 Å². The molecule has 3 amide bonds. The average molecular weight is 1570 g/mol. The molecule has 5 N–H and O–H groups in total. The lowest BCUT2D eigenvalue weighted by Gasteiger charge is -2.27. The van der Waals surface area contributed by atoms with Gasteiger partial charge >= 0.3 is 32.9 Å². The molecule has 0 saturated heterocycles. The van der Waals surface area contributed by atoms with Crippen LogP contribution in [0.3, 0.4) is 0 Å². The first kappa shape index (κ1) is 83.2. The number of nitrogens with one attached hydrogen (secondary N) is 3. The Kier molecular flexibility index (Phi) is 28.7. The predicted octanol–water partition coefficient (Wildman–Crippen LogP) is 14.3. The second-order valence-electron chi connectivity index (χ2n) is 26.5. The molecule has 0 aliphatic carbocycles. The maximum Gasteiger partial charge on any atom is 0.342 e. The number of aromatic carboxylic acids is 1. The fourth-order valence-corrected chi connectivity index (χ4v) is 16.3. The molecule has 2 aliphatic rings. The SMILES string of the molecule is CCOC(=O)[C@H](C)NP(=O)(CO[C@H](C)CN(C)C(=O)c1c2c(c(O)c3ncccc13)C(=O)N(Cc1ccc(F)cc1)C2)Oc1ccccc1.CCOC(=O)[C@H](C)NP(=O)(CO[C@H](C)CNC)Oc1ccccc1.O=C(O)c1c2c(c(OC(c3ccccc3)c3ccccc3)c3ncccc13)C(=O)N(Cc1ccc(F)cc1)C2. The van der Waals surface area contributed by atoms with Crippen molar-refractivity contribution in [1.82, 2.24) is 40.2 Å². The number of carbonyl (C=O) groups excluding carboxylic acids is 5. The molecule has 0 saturated carbocycles. The second kappa shape index (κ2) is 38.6. The van der Waals surface area contributed by atoms with Gasteiger partial charge in [-0.15, -0.1) is 0 Å². The van der Waals surface area contributed by atoms with E-state index in [1.54, 1.807) is 156 Å². The number of likely N-dealkylation sites (N-methyl/N-ethyl adjacent to an activating group) is 2. The standard InChI is InChI=1S/C35H38FN4O8P.C32H23FN2O4.C16H27N2O5P/c1-5-46-35(44)23(3)38-49(45,48-26-10-7-6-8-11-26)21-47-22(2)18-39(4)33(42)29-27-12-9-17-37-31(27)32(41)30-28(29)20-40(34(30)43)19-24-13-15-25(36)16-14-24;33-23-15-13-20(14-16-23)18-35-19-25-26(32(37)38)24-12-7-17-34-28(24)30(27(25)31(35)36)39-29(21-8-3-1-4-9-21)22-10-5-2-6-11-22;1-5-21-16(19)14(3)18-24(20,12-22-13(2)11-17-4)23-15-9-7-6-8-10-15/h6-17,22-23,41H,5,18-21H2,1-4H3,(H,38,45);1-17,29H,18-19H2,(H,37,38);6-10,13-14,17H,5,11-12H2,1-4H3,(H,18,20)/t22-,23+,49?;;13-,14+,24?/m1.1/s1. The number of carbonyl (C=O) groups is 6. The number of phenols is 1. The van der Waals surface area contributed by atoms with Gasteiger partial charge in [-0.1, -0.05) is 133 Å². The van der Waals surface area contributed by atoms with E-state index in [0.29, 0.717) is 51.0 Å². The summed E-state index contributed by atoms with van der Waals surface area (Å²) < 4.78 is 93.7. The Balaban J connectivity index is 0.000000189. The number of benzene rings is 8. The van der Waals surface area contributed by atoms with Crippen LogP contribution in [0.4, 0.5) is 8.78 Å². The lowest BCUT2D eigenvalue weighted by atomic mass is 9.95. The number of rotatable bonds is 32. The topological polar surface area (TPSA) is 313 Å². The lowest BCUT2D eigenvalue weighted by Crippen LogP contribution is -2.37. The summed E-state index contributed by atoms with van der Waals surface area (Å²) in [4.78, 5) is 91.5. The van der Waals surface area contributed by atoms with Gasteiger partial charge in [-0.3, -0.25) is 43.1 Å². The molecule has 2 unspecified atom stereocenters. The van der Waals surface area contributed by atoms with Gasteiger partial charge in [-0.05, 0) is 132 Å². The fraction of sp³-hybridized carbons (Fsp3) is 0.277. The number of hydrogen-bond donors (Lipinski definition) is 5. The highest BCUT2D eigenvalue weighted by Crippen LogP contribution is 2.48. The Morgan fingerprint density at radius 2 is 0.982 bits per heavy atom. The van der Waals surface area contributed by atoms with Crippen molar-refractivity contribution < 1.29 is 89.6 Å². The first-order valence-corrected chi connectivity index (χ1v) is 39.8. The average Bonchev–Trinajstić information content (AvgIpc) is 1.45. The Morgan fingerprint density at radius 1 is 0.562 bits per heavy atom. The van der Waals surface area contributed by atoms with Gasteiger partial charge in [-0.25, -0.2) is 23.7 Å². The van der Waals surface area contributed by atoms with Crippen molar-refractivity contribution in [3.05, 3.63) is 274 Å². The minimum Gasteiger partial charge on any atom is -0.505 e. The molecule has 12 rings (SSSR count). The van der Waals surface area contributed by atoms with Gasteiger partial charge in [0.05, 0.1) is 47.7 Å². The van der Waals surface area contributed by atoms with E-state index in [0.717, 1.165) is 16.7 Å². The number of hydrogen-bond acceptors (Lipinski definition) is 19. The zero-order chi connectivity index (χ0) is 80.2. The van der Waals surface area contributed by atoms with Crippen LogP contribution in [-0.2, 0) is 63.8 Å². The van der Waals surface area contributed by atoms with Crippen LogP contribution in [-0.4, -0.2) is 148 Å². The fourth-order valence-electron chi connectivity index (χ4n) is 12.7. The summed E-state index contributed by atoms with van der Waals surface area (Å²) in [6.07, 6.45) is 1.05. The summed E-state index contributed by atoms with van der Waals surface area (Å²) in [6.45, 7) is 11.5. The van der Waals surface area contributed by atoms with Gasteiger partial charge in [-0.2, -0.15) is 0 Å². The van der Waals surface area contributed by atoms with E-state index in [2.05, 4.69) is 25.5 Å². The molecule has 0 bridgehead atoms. The molecular formula is C83H88F2N8O17P2. The lowest BCUT2D eigenvalue weighted by molar-refractivity contribution is -0.145. The van der Waals surface area contributed by atoms with Crippen LogP contribution in [0.2, 0.25) is 0 Å². The minimum atomic E-state index is -3.83. The first-order valence-electron chi connectivity index (χ1n) is 36.1. The Hall–Kier alpha value is -11.3. The third-order valence-corrected chi connectivity index (χ3v) is 21.4. The molecule has 0 fully saturated rings. The van der Waals surface area contributed by atoms with E-state index in [4.69, 9.17) is 32.7 Å². The summed E-state index contributed by atoms with van der Waals surface area (Å²) in [5.74, 6) is -3.61. The number of nitrogens with zero attached hydrogens (tertiary/aromatic N) is 5. The second-order valence-corrected chi connectivity index (χ2v) is 30.5. The molecule has 29 heteroatoms. The monoisotopic (exact) mass is 1570 g/mol. The van der Waals surface area contributed by atoms with E-state index in [1.807, 2.05) is 73.7 Å². The summed E-state index contributed by atoms with van der Waals surface area (Å²) in [7, 11) is -3.90. The molecule has 8 aromatic carbocycles. The first-order chi connectivity index (χ1) is 53.8. The highest BCUT2D eigenvalue weighted by molar-refractivity contribution is 7.57. The van der Waals surface area contributed by atoms with Crippen LogP contribution in [0.1, 0.15) is 122 Å². The van der Waals surface area contributed by atoms with E-state index in [9.17, 15) is 56.9 Å². The van der Waals surface area contributed by atoms with Crippen molar-refractivity contribution in [2.24, 2.45) is 0 Å². The van der Waals surface area contributed by atoms with E-state index >= 15 is 0 Å². The van der Waals surface area contributed by atoms with Crippen LogP contribution < -0.4 is 29.3 Å². The van der Waals surface area contributed by atoms with Gasteiger partial charge in [0.2, 0.25) is 0 Å². The number of aromatic hydroxyl groups is 1. The Bertz CT molecular complexity index is 5010. The molecular weight excluding hydrogens is 1480 g/mol. The summed E-state index contributed by atoms with van der Waals surface area (Å²) in [5.41, 5.74) is 4.74. The Labute approximate surface area is 647 Å². The van der Waals surface area contributed by atoms with Gasteiger partial charge in [0.15, 0.2) is 11.5 Å².